The Labute approximate surface area is 102 Å². The van der Waals surface area contributed by atoms with Gasteiger partial charge in [-0.25, -0.2) is 0 Å². The van der Waals surface area contributed by atoms with Crippen LogP contribution in [0.15, 0.2) is 24.3 Å². The zero-order valence-corrected chi connectivity index (χ0v) is 10.5. The highest BCUT2D eigenvalue weighted by atomic mass is 16.5. The average molecular weight is 239 g/mol. The number of ether oxygens (including phenoxy) is 2. The molecule has 1 rings (SSSR count). The molecule has 0 aromatic heterocycles. The summed E-state index contributed by atoms with van der Waals surface area (Å²) in [6, 6.07) is 7.33. The maximum absolute atomic E-state index is 9.68. The van der Waals surface area contributed by atoms with Crippen molar-refractivity contribution in [2.75, 3.05) is 19.8 Å². The molecule has 0 radical (unpaired) electrons. The first-order valence-electron chi connectivity index (χ1n) is 5.85. The third-order valence-electron chi connectivity index (χ3n) is 2.29. The summed E-state index contributed by atoms with van der Waals surface area (Å²) >= 11 is 0. The van der Waals surface area contributed by atoms with Crippen LogP contribution in [0.2, 0.25) is 0 Å². The number of rotatable bonds is 7. The van der Waals surface area contributed by atoms with E-state index in [1.54, 1.807) is 6.92 Å². The van der Waals surface area contributed by atoms with Crippen molar-refractivity contribution in [1.29, 1.82) is 0 Å². The molecule has 4 nitrogen and oxygen atoms in total. The molecule has 0 heterocycles. The summed E-state index contributed by atoms with van der Waals surface area (Å²) in [7, 11) is 0. The molecule has 0 aliphatic carbocycles. The van der Waals surface area contributed by atoms with Gasteiger partial charge in [-0.2, -0.15) is 0 Å². The van der Waals surface area contributed by atoms with Gasteiger partial charge in [0.1, 0.15) is 23.7 Å². The van der Waals surface area contributed by atoms with E-state index in [2.05, 4.69) is 6.92 Å². The molecule has 0 saturated carbocycles. The van der Waals surface area contributed by atoms with E-state index < -0.39 is 5.60 Å². The largest absolute Gasteiger partial charge is 0.494 e. The molecular formula is C13H21NO3. The molecule has 1 aromatic rings. The van der Waals surface area contributed by atoms with Crippen LogP contribution < -0.4 is 15.2 Å². The van der Waals surface area contributed by atoms with Crippen molar-refractivity contribution in [3.8, 4) is 11.5 Å². The predicted molar refractivity (Wildman–Crippen MR) is 67.4 cm³/mol. The molecule has 1 unspecified atom stereocenters. The van der Waals surface area contributed by atoms with Gasteiger partial charge in [-0.05, 0) is 37.6 Å². The predicted octanol–water partition coefficient (Wildman–Crippen LogP) is 1.56. The van der Waals surface area contributed by atoms with Crippen molar-refractivity contribution in [3.05, 3.63) is 24.3 Å². The highest BCUT2D eigenvalue weighted by Gasteiger charge is 2.18. The maximum atomic E-state index is 9.68. The SMILES string of the molecule is CCCOc1ccc(OCC(C)(O)CN)cc1. The van der Waals surface area contributed by atoms with Gasteiger partial charge in [0.15, 0.2) is 0 Å². The van der Waals surface area contributed by atoms with E-state index in [-0.39, 0.29) is 13.2 Å². The van der Waals surface area contributed by atoms with Gasteiger partial charge in [-0.3, -0.25) is 0 Å². The number of nitrogens with two attached hydrogens (primary N) is 1. The van der Waals surface area contributed by atoms with Gasteiger partial charge in [0.2, 0.25) is 0 Å². The first-order valence-corrected chi connectivity index (χ1v) is 5.85. The Bertz CT molecular complexity index is 322. The highest BCUT2D eigenvalue weighted by Crippen LogP contribution is 2.18. The lowest BCUT2D eigenvalue weighted by atomic mass is 10.1. The van der Waals surface area contributed by atoms with Gasteiger partial charge in [0, 0.05) is 6.54 Å². The summed E-state index contributed by atoms with van der Waals surface area (Å²) in [5, 5.41) is 9.68. The standard InChI is InChI=1S/C13H21NO3/c1-3-8-16-11-4-6-12(7-5-11)17-10-13(2,15)9-14/h4-7,15H,3,8-10,14H2,1-2H3. The Morgan fingerprint density at radius 3 is 2.18 bits per heavy atom. The molecule has 1 atom stereocenters. The minimum atomic E-state index is -0.989. The quantitative estimate of drug-likeness (QED) is 0.758. The molecule has 3 N–H and O–H groups in total. The fraction of sp³-hybridized carbons (Fsp3) is 0.538. The summed E-state index contributed by atoms with van der Waals surface area (Å²) in [5.74, 6) is 1.52. The van der Waals surface area contributed by atoms with E-state index >= 15 is 0 Å². The Morgan fingerprint density at radius 1 is 1.18 bits per heavy atom. The highest BCUT2D eigenvalue weighted by molar-refractivity contribution is 5.31. The third kappa shape index (κ3) is 5.06. The van der Waals surface area contributed by atoms with Crippen molar-refractivity contribution in [1.82, 2.24) is 0 Å². The van der Waals surface area contributed by atoms with E-state index in [0.717, 1.165) is 12.2 Å². The number of hydrogen-bond donors (Lipinski definition) is 2. The van der Waals surface area contributed by atoms with Crippen molar-refractivity contribution in [2.24, 2.45) is 5.73 Å². The average Bonchev–Trinajstić information content (AvgIpc) is 2.35. The second-order valence-corrected chi connectivity index (χ2v) is 4.31. The molecule has 0 bridgehead atoms. The first kappa shape index (κ1) is 13.8. The fourth-order valence-corrected chi connectivity index (χ4v) is 1.15. The van der Waals surface area contributed by atoms with Crippen LogP contribution in [-0.2, 0) is 0 Å². The normalized spacial score (nSPS) is 14.1. The Hall–Kier alpha value is -1.26. The number of hydrogen-bond acceptors (Lipinski definition) is 4. The van der Waals surface area contributed by atoms with Gasteiger partial charge >= 0.3 is 0 Å². The summed E-state index contributed by atoms with van der Waals surface area (Å²) in [6.45, 7) is 4.77. The van der Waals surface area contributed by atoms with Crippen molar-refractivity contribution < 1.29 is 14.6 Å². The van der Waals surface area contributed by atoms with Gasteiger partial charge < -0.3 is 20.3 Å². The van der Waals surface area contributed by atoms with Crippen LogP contribution in [-0.4, -0.2) is 30.5 Å². The lowest BCUT2D eigenvalue weighted by molar-refractivity contribution is 0.0195. The summed E-state index contributed by atoms with van der Waals surface area (Å²) < 4.78 is 10.9. The summed E-state index contributed by atoms with van der Waals surface area (Å²) in [6.07, 6.45) is 0.984. The molecule has 0 aliphatic rings. The zero-order valence-electron chi connectivity index (χ0n) is 10.5. The van der Waals surface area contributed by atoms with Crippen molar-refractivity contribution in [3.63, 3.8) is 0 Å². The maximum Gasteiger partial charge on any atom is 0.119 e. The minimum absolute atomic E-state index is 0.171. The minimum Gasteiger partial charge on any atom is -0.494 e. The summed E-state index contributed by atoms with van der Waals surface area (Å²) in [5.41, 5.74) is 4.41. The molecule has 0 saturated heterocycles. The second kappa shape index (κ2) is 6.47. The smallest absolute Gasteiger partial charge is 0.119 e. The molecule has 0 fully saturated rings. The Morgan fingerprint density at radius 2 is 1.71 bits per heavy atom. The topological polar surface area (TPSA) is 64.7 Å². The van der Waals surface area contributed by atoms with Crippen molar-refractivity contribution in [2.45, 2.75) is 25.9 Å². The first-order chi connectivity index (χ1) is 8.07. The van der Waals surface area contributed by atoms with E-state index in [9.17, 15) is 5.11 Å². The number of aliphatic hydroxyl groups is 1. The van der Waals surface area contributed by atoms with Crippen LogP contribution in [0.1, 0.15) is 20.3 Å². The Kier molecular flexibility index (Phi) is 5.25. The van der Waals surface area contributed by atoms with Gasteiger partial charge in [-0.1, -0.05) is 6.92 Å². The van der Waals surface area contributed by atoms with Crippen LogP contribution in [0.4, 0.5) is 0 Å². The van der Waals surface area contributed by atoms with E-state index in [4.69, 9.17) is 15.2 Å². The van der Waals surface area contributed by atoms with Gasteiger partial charge in [-0.15, -0.1) is 0 Å². The Balaban J connectivity index is 2.45. The molecular weight excluding hydrogens is 218 g/mol. The molecule has 4 heteroatoms. The lowest BCUT2D eigenvalue weighted by Gasteiger charge is -2.21. The number of benzene rings is 1. The second-order valence-electron chi connectivity index (χ2n) is 4.31. The molecule has 1 aromatic carbocycles. The van der Waals surface area contributed by atoms with E-state index in [1.165, 1.54) is 0 Å². The van der Waals surface area contributed by atoms with Crippen LogP contribution in [0.3, 0.4) is 0 Å². The third-order valence-corrected chi connectivity index (χ3v) is 2.29. The molecule has 0 spiro atoms. The van der Waals surface area contributed by atoms with Crippen LogP contribution in [0.5, 0.6) is 11.5 Å². The van der Waals surface area contributed by atoms with Crippen LogP contribution in [0, 0.1) is 0 Å². The molecule has 96 valence electrons. The van der Waals surface area contributed by atoms with Crippen LogP contribution >= 0.6 is 0 Å². The van der Waals surface area contributed by atoms with Gasteiger partial charge in [0.25, 0.3) is 0 Å². The fourth-order valence-electron chi connectivity index (χ4n) is 1.15. The van der Waals surface area contributed by atoms with Crippen LogP contribution in [0.25, 0.3) is 0 Å². The monoisotopic (exact) mass is 239 g/mol. The van der Waals surface area contributed by atoms with E-state index in [1.807, 2.05) is 24.3 Å². The van der Waals surface area contributed by atoms with Gasteiger partial charge in [0.05, 0.1) is 6.61 Å². The van der Waals surface area contributed by atoms with E-state index in [0.29, 0.717) is 12.4 Å². The lowest BCUT2D eigenvalue weighted by Crippen LogP contribution is -2.40. The molecule has 0 amide bonds. The summed E-state index contributed by atoms with van der Waals surface area (Å²) in [4.78, 5) is 0. The van der Waals surface area contributed by atoms with Crippen molar-refractivity contribution >= 4 is 0 Å². The molecule has 17 heavy (non-hydrogen) atoms. The molecule has 0 aliphatic heterocycles. The zero-order chi connectivity index (χ0) is 12.7.